The second kappa shape index (κ2) is 5.18. The van der Waals surface area contributed by atoms with Crippen molar-refractivity contribution in [1.82, 2.24) is 4.98 Å². The van der Waals surface area contributed by atoms with Gasteiger partial charge in [-0.2, -0.15) is 0 Å². The van der Waals surface area contributed by atoms with Crippen LogP contribution in [0.3, 0.4) is 0 Å². The van der Waals surface area contributed by atoms with Crippen LogP contribution in [-0.4, -0.2) is 10.1 Å². The second-order valence-electron chi connectivity index (χ2n) is 2.54. The van der Waals surface area contributed by atoms with E-state index < -0.39 is 13.0 Å². The van der Waals surface area contributed by atoms with E-state index in [-0.39, 0.29) is 17.1 Å². The van der Waals surface area contributed by atoms with E-state index >= 15 is 0 Å². The zero-order valence-corrected chi connectivity index (χ0v) is 9.89. The van der Waals surface area contributed by atoms with Crippen molar-refractivity contribution in [3.8, 4) is 0 Å². The Balaban J connectivity index is 3.33. The lowest BCUT2D eigenvalue weighted by atomic mass is 10.1. The number of nitrogens with zero attached hydrogens (tertiary/aromatic N) is 1. The third-order valence-corrected chi connectivity index (χ3v) is 2.97. The summed E-state index contributed by atoms with van der Waals surface area (Å²) in [7, 11) is 0. The van der Waals surface area contributed by atoms with Crippen LogP contribution in [0.5, 0.6) is 0 Å². The topological polar surface area (TPSA) is 33.1 Å². The van der Waals surface area contributed by atoms with Crippen LogP contribution in [0.4, 0.5) is 8.78 Å². The van der Waals surface area contributed by atoms with Gasteiger partial charge in [0.25, 0.3) is 6.43 Å². The largest absolute Gasteiger partial charge is 0.392 e. The Morgan fingerprint density at radius 2 is 2.14 bits per heavy atom. The molecule has 0 aliphatic heterocycles. The Morgan fingerprint density at radius 1 is 1.50 bits per heavy atom. The lowest BCUT2D eigenvalue weighted by Gasteiger charge is -2.11. The highest BCUT2D eigenvalue weighted by Crippen LogP contribution is 2.27. The normalized spacial score (nSPS) is 11.0. The molecule has 1 aromatic heterocycles. The maximum Gasteiger partial charge on any atom is 0.280 e. The van der Waals surface area contributed by atoms with Crippen LogP contribution in [0.1, 0.15) is 23.2 Å². The molecule has 78 valence electrons. The maximum atomic E-state index is 12.4. The minimum atomic E-state index is -2.68. The summed E-state index contributed by atoms with van der Waals surface area (Å²) in [6.45, 7) is -0.467. The molecule has 0 radical (unpaired) electrons. The Kier molecular flexibility index (Phi) is 4.46. The molecule has 1 aromatic rings. The molecule has 6 heteroatoms. The molecule has 1 rings (SSSR count). The fraction of sp³-hybridized carbons (Fsp3) is 0.375. The van der Waals surface area contributed by atoms with Gasteiger partial charge in [0.2, 0.25) is 0 Å². The Morgan fingerprint density at radius 3 is 2.57 bits per heavy atom. The molecule has 1 N–H and O–H groups in total. The lowest BCUT2D eigenvalue weighted by Crippen LogP contribution is -2.04. The summed E-state index contributed by atoms with van der Waals surface area (Å²) in [5.74, 6) is 0.0937. The van der Waals surface area contributed by atoms with Crippen LogP contribution in [0.25, 0.3) is 0 Å². The Bertz CT molecular complexity index is 335. The van der Waals surface area contributed by atoms with Crippen molar-refractivity contribution in [2.75, 3.05) is 0 Å². The molecule has 2 nitrogen and oxygen atoms in total. The van der Waals surface area contributed by atoms with Crippen LogP contribution in [0.2, 0.25) is 0 Å². The van der Waals surface area contributed by atoms with Crippen LogP contribution < -0.4 is 0 Å². The lowest BCUT2D eigenvalue weighted by molar-refractivity contribution is 0.141. The van der Waals surface area contributed by atoms with Crippen molar-refractivity contribution in [2.24, 2.45) is 0 Å². The molecule has 1 heterocycles. The first-order chi connectivity index (χ1) is 6.61. The van der Waals surface area contributed by atoms with Gasteiger partial charge in [-0.1, -0.05) is 0 Å². The number of hydrogen-bond acceptors (Lipinski definition) is 2. The zero-order valence-electron chi connectivity index (χ0n) is 6.98. The number of aromatic nitrogens is 1. The molecular weight excluding hydrogens is 326 g/mol. The predicted octanol–water partition coefficient (Wildman–Crippen LogP) is 2.85. The number of rotatable bonds is 3. The molecule has 0 unspecified atom stereocenters. The van der Waals surface area contributed by atoms with Crippen molar-refractivity contribution in [3.63, 3.8) is 0 Å². The number of pyridine rings is 1. The summed E-state index contributed by atoms with van der Waals surface area (Å²) in [4.78, 5) is 3.58. The molecular formula is C8H7ClF2INO. The third-order valence-electron chi connectivity index (χ3n) is 1.78. The van der Waals surface area contributed by atoms with Gasteiger partial charge in [-0.15, -0.1) is 11.6 Å². The number of aliphatic hydroxyl groups is 1. The third kappa shape index (κ3) is 2.32. The van der Waals surface area contributed by atoms with Gasteiger partial charge in [0.1, 0.15) is 5.69 Å². The molecule has 0 saturated heterocycles. The standard InChI is InChI=1S/C8H7ClF2INO/c9-1-4-5(3-14)7(8(10)11)13-2-6(4)12/h2,8,14H,1,3H2. The van der Waals surface area contributed by atoms with E-state index in [1.807, 2.05) is 22.6 Å². The molecule has 0 aliphatic rings. The maximum absolute atomic E-state index is 12.4. The minimum absolute atomic E-state index is 0.0937. The van der Waals surface area contributed by atoms with Gasteiger partial charge in [-0.25, -0.2) is 8.78 Å². The summed E-state index contributed by atoms with van der Waals surface area (Å²) in [5, 5.41) is 8.97. The minimum Gasteiger partial charge on any atom is -0.392 e. The molecule has 0 atom stereocenters. The zero-order chi connectivity index (χ0) is 10.7. The van der Waals surface area contributed by atoms with Crippen LogP contribution in [-0.2, 0) is 12.5 Å². The quantitative estimate of drug-likeness (QED) is 0.681. The summed E-state index contributed by atoms with van der Waals surface area (Å²) in [5.41, 5.74) is 0.283. The van der Waals surface area contributed by atoms with E-state index in [0.717, 1.165) is 0 Å². The number of alkyl halides is 3. The van der Waals surface area contributed by atoms with Crippen molar-refractivity contribution in [2.45, 2.75) is 18.9 Å². The summed E-state index contributed by atoms with van der Waals surface area (Å²) in [6, 6.07) is 0. The number of hydrogen-bond donors (Lipinski definition) is 1. The summed E-state index contributed by atoms with van der Waals surface area (Å²) >= 11 is 7.55. The average molecular weight is 334 g/mol. The van der Waals surface area contributed by atoms with Gasteiger partial charge in [0.15, 0.2) is 0 Å². The van der Waals surface area contributed by atoms with Gasteiger partial charge in [0.05, 0.1) is 6.61 Å². The smallest absolute Gasteiger partial charge is 0.280 e. The molecule has 0 fully saturated rings. The fourth-order valence-electron chi connectivity index (χ4n) is 1.09. The van der Waals surface area contributed by atoms with E-state index in [0.29, 0.717) is 9.13 Å². The van der Waals surface area contributed by atoms with Crippen LogP contribution in [0.15, 0.2) is 6.20 Å². The number of aliphatic hydroxyl groups excluding tert-OH is 1. The van der Waals surface area contributed by atoms with Gasteiger partial charge in [-0.05, 0) is 28.2 Å². The SMILES string of the molecule is OCc1c(C(F)F)ncc(I)c1CCl. The molecule has 0 amide bonds. The molecule has 0 bridgehead atoms. The van der Waals surface area contributed by atoms with E-state index in [9.17, 15) is 8.78 Å². The summed E-state index contributed by atoms with van der Waals surface area (Å²) in [6.07, 6.45) is -1.35. The molecule has 0 saturated carbocycles. The van der Waals surface area contributed by atoms with E-state index in [1.54, 1.807) is 0 Å². The van der Waals surface area contributed by atoms with Gasteiger partial charge in [0, 0.05) is 21.2 Å². The first kappa shape index (κ1) is 12.1. The Labute approximate surface area is 98.4 Å². The highest BCUT2D eigenvalue weighted by Gasteiger charge is 2.18. The fourth-order valence-corrected chi connectivity index (χ4v) is 2.28. The van der Waals surface area contributed by atoms with Gasteiger partial charge in [-0.3, -0.25) is 4.98 Å². The molecule has 0 aromatic carbocycles. The van der Waals surface area contributed by atoms with Crippen molar-refractivity contribution in [3.05, 3.63) is 26.6 Å². The van der Waals surface area contributed by atoms with Gasteiger partial charge >= 0.3 is 0 Å². The van der Waals surface area contributed by atoms with Crippen molar-refractivity contribution < 1.29 is 13.9 Å². The monoisotopic (exact) mass is 333 g/mol. The average Bonchev–Trinajstić information content (AvgIpc) is 2.16. The van der Waals surface area contributed by atoms with Crippen molar-refractivity contribution in [1.29, 1.82) is 0 Å². The van der Waals surface area contributed by atoms with Gasteiger partial charge < -0.3 is 5.11 Å². The van der Waals surface area contributed by atoms with Crippen LogP contribution >= 0.6 is 34.2 Å². The first-order valence-electron chi connectivity index (χ1n) is 3.73. The Hall–Kier alpha value is -0.0100. The van der Waals surface area contributed by atoms with E-state index in [1.165, 1.54) is 6.20 Å². The molecule has 0 aliphatic carbocycles. The number of halogens is 4. The molecule has 0 spiro atoms. The highest BCUT2D eigenvalue weighted by molar-refractivity contribution is 14.1. The summed E-state index contributed by atoms with van der Waals surface area (Å²) < 4.78 is 25.6. The second-order valence-corrected chi connectivity index (χ2v) is 3.97. The highest BCUT2D eigenvalue weighted by atomic mass is 127. The first-order valence-corrected chi connectivity index (χ1v) is 5.34. The molecule has 14 heavy (non-hydrogen) atoms. The van der Waals surface area contributed by atoms with Crippen LogP contribution in [0, 0.1) is 3.57 Å². The predicted molar refractivity (Wildman–Crippen MR) is 57.4 cm³/mol. The van der Waals surface area contributed by atoms with Crippen molar-refractivity contribution >= 4 is 34.2 Å². The van der Waals surface area contributed by atoms with E-state index in [4.69, 9.17) is 16.7 Å². The van der Waals surface area contributed by atoms with E-state index in [2.05, 4.69) is 4.98 Å².